The van der Waals surface area contributed by atoms with E-state index in [9.17, 15) is 9.59 Å². The number of aryl methyl sites for hydroxylation is 2. The smallest absolute Gasteiger partial charge is 0.323 e. The summed E-state index contributed by atoms with van der Waals surface area (Å²) in [4.78, 5) is 28.8. The van der Waals surface area contributed by atoms with E-state index in [0.717, 1.165) is 5.69 Å². The first-order chi connectivity index (χ1) is 8.81. The molecule has 0 fully saturated rings. The molecule has 0 aliphatic carbocycles. The molecule has 0 aliphatic heterocycles. The Bertz CT molecular complexity index is 484. The third-order valence-corrected chi connectivity index (χ3v) is 2.65. The van der Waals surface area contributed by atoms with Gasteiger partial charge in [-0.3, -0.25) is 14.6 Å². The number of rotatable bonds is 5. The van der Waals surface area contributed by atoms with Crippen molar-refractivity contribution in [3.63, 3.8) is 0 Å². The van der Waals surface area contributed by atoms with Crippen LogP contribution in [0.5, 0.6) is 0 Å². The van der Waals surface area contributed by atoms with Crippen molar-refractivity contribution in [1.29, 1.82) is 0 Å². The summed E-state index contributed by atoms with van der Waals surface area (Å²) in [5.41, 5.74) is 1.93. The number of carboxylic acids is 1. The minimum Gasteiger partial charge on any atom is -0.480 e. The molecule has 0 aromatic carbocycles. The lowest BCUT2D eigenvalue weighted by molar-refractivity contribution is -0.137. The molecule has 5 heteroatoms. The Labute approximate surface area is 113 Å². The van der Waals surface area contributed by atoms with Crippen molar-refractivity contribution in [3.8, 4) is 0 Å². The zero-order chi connectivity index (χ0) is 14.6. The maximum Gasteiger partial charge on any atom is 0.323 e. The molecular formula is C14H20N2O3. The van der Waals surface area contributed by atoms with E-state index in [-0.39, 0.29) is 18.4 Å². The van der Waals surface area contributed by atoms with Crippen LogP contribution in [0.1, 0.15) is 35.6 Å². The van der Waals surface area contributed by atoms with E-state index < -0.39 is 5.97 Å². The Balaban J connectivity index is 3.00. The maximum atomic E-state index is 12.4. The van der Waals surface area contributed by atoms with Gasteiger partial charge in [-0.2, -0.15) is 0 Å². The van der Waals surface area contributed by atoms with Crippen LogP contribution >= 0.6 is 0 Å². The van der Waals surface area contributed by atoms with Crippen molar-refractivity contribution >= 4 is 11.9 Å². The van der Waals surface area contributed by atoms with E-state index in [1.165, 1.54) is 4.90 Å². The van der Waals surface area contributed by atoms with Gasteiger partial charge >= 0.3 is 5.97 Å². The number of hydrogen-bond acceptors (Lipinski definition) is 3. The molecule has 0 spiro atoms. The second-order valence-corrected chi connectivity index (χ2v) is 5.06. The van der Waals surface area contributed by atoms with Gasteiger partial charge in [0, 0.05) is 12.2 Å². The lowest BCUT2D eigenvalue weighted by Gasteiger charge is -2.23. The van der Waals surface area contributed by atoms with Crippen LogP contribution < -0.4 is 0 Å². The summed E-state index contributed by atoms with van der Waals surface area (Å²) in [6, 6.07) is 3.46. The predicted molar refractivity (Wildman–Crippen MR) is 72.1 cm³/mol. The Kier molecular flexibility index (Phi) is 5.03. The van der Waals surface area contributed by atoms with Crippen molar-refractivity contribution in [3.05, 3.63) is 29.1 Å². The summed E-state index contributed by atoms with van der Waals surface area (Å²) in [6.07, 6.45) is 0. The predicted octanol–water partition coefficient (Wildman–Crippen LogP) is 1.88. The molecule has 1 heterocycles. The highest BCUT2D eigenvalue weighted by Crippen LogP contribution is 2.11. The lowest BCUT2D eigenvalue weighted by atomic mass is 10.1. The molecule has 5 nitrogen and oxygen atoms in total. The largest absolute Gasteiger partial charge is 0.480 e. The molecule has 0 aliphatic rings. The van der Waals surface area contributed by atoms with Crippen LogP contribution in [0.15, 0.2) is 12.1 Å². The summed E-state index contributed by atoms with van der Waals surface area (Å²) in [6.45, 7) is 7.63. The average Bonchev–Trinajstić information content (AvgIpc) is 2.26. The second kappa shape index (κ2) is 6.31. The molecule has 0 atom stereocenters. The molecule has 0 saturated carbocycles. The third kappa shape index (κ3) is 4.35. The number of pyridine rings is 1. The first-order valence-corrected chi connectivity index (χ1v) is 6.26. The number of carbonyl (C=O) groups is 2. The molecule has 0 radical (unpaired) electrons. The van der Waals surface area contributed by atoms with Gasteiger partial charge in [0.1, 0.15) is 6.54 Å². The second-order valence-electron chi connectivity index (χ2n) is 5.06. The van der Waals surface area contributed by atoms with E-state index in [1.54, 1.807) is 19.1 Å². The number of nitrogens with zero attached hydrogens (tertiary/aromatic N) is 2. The molecule has 1 N–H and O–H groups in total. The zero-order valence-electron chi connectivity index (χ0n) is 11.8. The highest BCUT2D eigenvalue weighted by Gasteiger charge is 2.21. The number of aromatic nitrogens is 1. The first kappa shape index (κ1) is 15.1. The molecule has 0 unspecified atom stereocenters. The number of carboxylic acid groups (broad SMARTS) is 1. The topological polar surface area (TPSA) is 70.5 Å². The van der Waals surface area contributed by atoms with Crippen LogP contribution in [0, 0.1) is 19.8 Å². The van der Waals surface area contributed by atoms with E-state index >= 15 is 0 Å². The fourth-order valence-corrected chi connectivity index (χ4v) is 1.91. The quantitative estimate of drug-likeness (QED) is 0.881. The molecule has 1 amide bonds. The number of carbonyl (C=O) groups excluding carboxylic acids is 1. The fourth-order valence-electron chi connectivity index (χ4n) is 1.91. The maximum absolute atomic E-state index is 12.4. The third-order valence-electron chi connectivity index (χ3n) is 2.65. The summed E-state index contributed by atoms with van der Waals surface area (Å²) in [7, 11) is 0. The minimum absolute atomic E-state index is 0.210. The van der Waals surface area contributed by atoms with E-state index in [1.807, 2.05) is 20.8 Å². The molecule has 19 heavy (non-hydrogen) atoms. The molecule has 0 saturated heterocycles. The highest BCUT2D eigenvalue weighted by molar-refractivity contribution is 5.96. The van der Waals surface area contributed by atoms with Crippen LogP contribution in [0.4, 0.5) is 0 Å². The molecule has 0 bridgehead atoms. The van der Waals surface area contributed by atoms with Gasteiger partial charge in [0.2, 0.25) is 0 Å². The molecule has 104 valence electrons. The van der Waals surface area contributed by atoms with Crippen molar-refractivity contribution in [2.24, 2.45) is 5.92 Å². The van der Waals surface area contributed by atoms with Gasteiger partial charge in [-0.25, -0.2) is 0 Å². The zero-order valence-corrected chi connectivity index (χ0v) is 11.8. The van der Waals surface area contributed by atoms with Gasteiger partial charge in [0.25, 0.3) is 5.91 Å². The molecule has 1 rings (SSSR count). The Morgan fingerprint density at radius 3 is 2.42 bits per heavy atom. The monoisotopic (exact) mass is 264 g/mol. The molecule has 1 aromatic rings. The fraction of sp³-hybridized carbons (Fsp3) is 0.500. The van der Waals surface area contributed by atoms with Gasteiger partial charge in [-0.05, 0) is 31.9 Å². The van der Waals surface area contributed by atoms with Gasteiger partial charge in [0.05, 0.1) is 11.3 Å². The van der Waals surface area contributed by atoms with Crippen LogP contribution in [-0.2, 0) is 4.79 Å². The number of hydrogen-bond donors (Lipinski definition) is 1. The SMILES string of the molecule is Cc1ccc(C(=O)N(CC(=O)O)CC(C)C)c(C)n1. The highest BCUT2D eigenvalue weighted by atomic mass is 16.4. The van der Waals surface area contributed by atoms with Gasteiger partial charge in [-0.15, -0.1) is 0 Å². The van der Waals surface area contributed by atoms with Crippen LogP contribution in [-0.4, -0.2) is 40.0 Å². The standard InChI is InChI=1S/C14H20N2O3/c1-9(2)7-16(8-13(17)18)14(19)12-6-5-10(3)15-11(12)4/h5-6,9H,7-8H2,1-4H3,(H,17,18). The Morgan fingerprint density at radius 2 is 1.95 bits per heavy atom. The van der Waals surface area contributed by atoms with Gasteiger partial charge < -0.3 is 10.0 Å². The van der Waals surface area contributed by atoms with Crippen LogP contribution in [0.2, 0.25) is 0 Å². The molecular weight excluding hydrogens is 244 g/mol. The minimum atomic E-state index is -1.01. The summed E-state index contributed by atoms with van der Waals surface area (Å²) >= 11 is 0. The summed E-state index contributed by atoms with van der Waals surface area (Å²) < 4.78 is 0. The number of amides is 1. The van der Waals surface area contributed by atoms with Crippen molar-refractivity contribution in [2.45, 2.75) is 27.7 Å². The van der Waals surface area contributed by atoms with E-state index in [4.69, 9.17) is 5.11 Å². The van der Waals surface area contributed by atoms with Crippen LogP contribution in [0.3, 0.4) is 0 Å². The Hall–Kier alpha value is -1.91. The normalized spacial score (nSPS) is 10.6. The lowest BCUT2D eigenvalue weighted by Crippen LogP contribution is -2.38. The number of aliphatic carboxylic acids is 1. The average molecular weight is 264 g/mol. The van der Waals surface area contributed by atoms with Crippen molar-refractivity contribution in [1.82, 2.24) is 9.88 Å². The van der Waals surface area contributed by atoms with Crippen molar-refractivity contribution in [2.75, 3.05) is 13.1 Å². The first-order valence-electron chi connectivity index (χ1n) is 6.26. The summed E-state index contributed by atoms with van der Waals surface area (Å²) in [5, 5.41) is 8.90. The Morgan fingerprint density at radius 1 is 1.32 bits per heavy atom. The van der Waals surface area contributed by atoms with E-state index in [2.05, 4.69) is 4.98 Å². The summed E-state index contributed by atoms with van der Waals surface area (Å²) in [5.74, 6) is -1.07. The van der Waals surface area contributed by atoms with E-state index in [0.29, 0.717) is 17.8 Å². The van der Waals surface area contributed by atoms with Gasteiger partial charge in [-0.1, -0.05) is 13.8 Å². The van der Waals surface area contributed by atoms with Crippen molar-refractivity contribution < 1.29 is 14.7 Å². The van der Waals surface area contributed by atoms with Gasteiger partial charge in [0.15, 0.2) is 0 Å². The van der Waals surface area contributed by atoms with Crippen LogP contribution in [0.25, 0.3) is 0 Å². The molecule has 1 aromatic heterocycles.